The molecule has 2 heterocycles. The molecule has 0 saturated heterocycles. The van der Waals surface area contributed by atoms with E-state index in [-0.39, 0.29) is 5.69 Å². The molecule has 0 radical (unpaired) electrons. The highest BCUT2D eigenvalue weighted by Gasteiger charge is 2.15. The van der Waals surface area contributed by atoms with Crippen molar-refractivity contribution in [2.75, 3.05) is 13.2 Å². The first-order valence-corrected chi connectivity index (χ1v) is 6.65. The number of fused-ring (bicyclic) bond motifs is 1. The van der Waals surface area contributed by atoms with Gasteiger partial charge in [0.25, 0.3) is 11.8 Å². The molecule has 7 nitrogen and oxygen atoms in total. The number of hydrogen-bond acceptors (Lipinski definition) is 5. The zero-order valence-electron chi connectivity index (χ0n) is 11.5. The van der Waals surface area contributed by atoms with E-state index < -0.39 is 11.8 Å². The Labute approximate surface area is 126 Å². The molecule has 112 valence electrons. The van der Waals surface area contributed by atoms with Crippen LogP contribution < -0.4 is 20.3 Å². The van der Waals surface area contributed by atoms with Crippen LogP contribution in [0, 0.1) is 0 Å². The minimum Gasteiger partial charge on any atom is -0.486 e. The van der Waals surface area contributed by atoms with Crippen LogP contribution in [0.5, 0.6) is 11.5 Å². The molecule has 0 saturated carbocycles. The quantitative estimate of drug-likeness (QED) is 0.805. The summed E-state index contributed by atoms with van der Waals surface area (Å²) in [6.45, 7) is 0.924. The van der Waals surface area contributed by atoms with E-state index >= 15 is 0 Å². The summed E-state index contributed by atoms with van der Waals surface area (Å²) < 4.78 is 10.8. The number of carbonyl (C=O) groups is 2. The number of aromatic nitrogens is 1. The van der Waals surface area contributed by atoms with E-state index in [2.05, 4.69) is 15.8 Å². The average molecular weight is 299 g/mol. The minimum absolute atomic E-state index is 0.213. The van der Waals surface area contributed by atoms with Gasteiger partial charge < -0.3 is 9.47 Å². The standard InChI is InChI=1S/C15H13N3O4/c19-14(17-18-15(20)11-3-1-2-6-16-11)10-4-5-12-13(9-10)22-8-7-21-12/h1-6,9H,7-8H2,(H,17,19)(H,18,20). The van der Waals surface area contributed by atoms with Crippen LogP contribution in [0.25, 0.3) is 0 Å². The molecule has 1 aliphatic heterocycles. The second-order valence-corrected chi connectivity index (χ2v) is 4.48. The number of rotatable bonds is 2. The third-order valence-electron chi connectivity index (χ3n) is 2.99. The van der Waals surface area contributed by atoms with Crippen molar-refractivity contribution in [1.82, 2.24) is 15.8 Å². The highest BCUT2D eigenvalue weighted by molar-refractivity contribution is 5.98. The van der Waals surface area contributed by atoms with E-state index in [9.17, 15) is 9.59 Å². The van der Waals surface area contributed by atoms with Crippen LogP contribution in [0.3, 0.4) is 0 Å². The van der Waals surface area contributed by atoms with Gasteiger partial charge in [0.1, 0.15) is 18.9 Å². The van der Waals surface area contributed by atoms with E-state index in [1.807, 2.05) is 0 Å². The van der Waals surface area contributed by atoms with E-state index in [1.165, 1.54) is 6.20 Å². The van der Waals surface area contributed by atoms with E-state index in [4.69, 9.17) is 9.47 Å². The first-order chi connectivity index (χ1) is 10.7. The van der Waals surface area contributed by atoms with Gasteiger partial charge >= 0.3 is 0 Å². The number of hydrazine groups is 1. The third kappa shape index (κ3) is 2.98. The van der Waals surface area contributed by atoms with Crippen LogP contribution in [0.1, 0.15) is 20.8 Å². The van der Waals surface area contributed by atoms with Crippen LogP contribution in [0.2, 0.25) is 0 Å². The number of pyridine rings is 1. The van der Waals surface area contributed by atoms with Gasteiger partial charge in [0.05, 0.1) is 0 Å². The van der Waals surface area contributed by atoms with E-state index in [0.717, 1.165) is 0 Å². The van der Waals surface area contributed by atoms with Crippen molar-refractivity contribution in [3.05, 3.63) is 53.9 Å². The highest BCUT2D eigenvalue weighted by atomic mass is 16.6. The van der Waals surface area contributed by atoms with Crippen molar-refractivity contribution in [1.29, 1.82) is 0 Å². The molecule has 22 heavy (non-hydrogen) atoms. The van der Waals surface area contributed by atoms with Crippen molar-refractivity contribution >= 4 is 11.8 Å². The fourth-order valence-corrected chi connectivity index (χ4v) is 1.93. The fourth-order valence-electron chi connectivity index (χ4n) is 1.93. The number of nitrogens with one attached hydrogen (secondary N) is 2. The summed E-state index contributed by atoms with van der Waals surface area (Å²) in [5.74, 6) is 0.156. The second-order valence-electron chi connectivity index (χ2n) is 4.48. The van der Waals surface area contributed by atoms with Gasteiger partial charge in [-0.2, -0.15) is 0 Å². The molecular formula is C15H13N3O4. The van der Waals surface area contributed by atoms with Crippen LogP contribution in [0.15, 0.2) is 42.6 Å². The topological polar surface area (TPSA) is 89.6 Å². The molecule has 3 rings (SSSR count). The molecule has 2 N–H and O–H groups in total. The second kappa shape index (κ2) is 6.13. The van der Waals surface area contributed by atoms with Crippen molar-refractivity contribution < 1.29 is 19.1 Å². The molecule has 0 bridgehead atoms. The molecule has 0 atom stereocenters. The van der Waals surface area contributed by atoms with Crippen molar-refractivity contribution in [3.63, 3.8) is 0 Å². The Morgan fingerprint density at radius 1 is 0.955 bits per heavy atom. The van der Waals surface area contributed by atoms with Crippen LogP contribution >= 0.6 is 0 Å². The highest BCUT2D eigenvalue weighted by Crippen LogP contribution is 2.30. The summed E-state index contributed by atoms with van der Waals surface area (Å²) in [6, 6.07) is 9.75. The van der Waals surface area contributed by atoms with Gasteiger partial charge in [-0.3, -0.25) is 25.4 Å². The van der Waals surface area contributed by atoms with Crippen LogP contribution in [-0.4, -0.2) is 30.0 Å². The molecule has 0 aliphatic carbocycles. The van der Waals surface area contributed by atoms with E-state index in [1.54, 1.807) is 36.4 Å². The number of benzene rings is 1. The first kappa shape index (κ1) is 13.9. The lowest BCUT2D eigenvalue weighted by Gasteiger charge is -2.18. The molecule has 1 aromatic heterocycles. The lowest BCUT2D eigenvalue weighted by Crippen LogP contribution is -2.41. The normalized spacial score (nSPS) is 12.4. The molecule has 1 aromatic carbocycles. The van der Waals surface area contributed by atoms with Gasteiger partial charge in [-0.1, -0.05) is 6.07 Å². The summed E-state index contributed by atoms with van der Waals surface area (Å²) in [7, 11) is 0. The van der Waals surface area contributed by atoms with Crippen molar-refractivity contribution in [3.8, 4) is 11.5 Å². The predicted octanol–water partition coefficient (Wildman–Crippen LogP) is 0.928. The maximum absolute atomic E-state index is 12.0. The largest absolute Gasteiger partial charge is 0.486 e. The van der Waals surface area contributed by atoms with Gasteiger partial charge in [-0.05, 0) is 30.3 Å². The minimum atomic E-state index is -0.494. The number of amides is 2. The molecule has 7 heteroatoms. The molecule has 0 spiro atoms. The molecule has 0 unspecified atom stereocenters. The average Bonchev–Trinajstić information content (AvgIpc) is 2.59. The van der Waals surface area contributed by atoms with Crippen LogP contribution in [0.4, 0.5) is 0 Å². The fraction of sp³-hybridized carbons (Fsp3) is 0.133. The van der Waals surface area contributed by atoms with E-state index in [0.29, 0.717) is 30.3 Å². The summed E-state index contributed by atoms with van der Waals surface area (Å²) in [5, 5.41) is 0. The maximum atomic E-state index is 12.0. The molecule has 2 amide bonds. The Hall–Kier alpha value is -3.09. The van der Waals surface area contributed by atoms with Crippen LogP contribution in [-0.2, 0) is 0 Å². The van der Waals surface area contributed by atoms with Gasteiger partial charge in [0, 0.05) is 11.8 Å². The Morgan fingerprint density at radius 3 is 2.50 bits per heavy atom. The molecule has 0 fully saturated rings. The molecular weight excluding hydrogens is 286 g/mol. The zero-order chi connectivity index (χ0) is 15.4. The van der Waals surface area contributed by atoms with Gasteiger partial charge in [0.15, 0.2) is 11.5 Å². The Bertz CT molecular complexity index is 703. The Morgan fingerprint density at radius 2 is 1.73 bits per heavy atom. The van der Waals surface area contributed by atoms with Crippen molar-refractivity contribution in [2.45, 2.75) is 0 Å². The summed E-state index contributed by atoms with van der Waals surface area (Å²) in [5.41, 5.74) is 5.20. The van der Waals surface area contributed by atoms with Crippen molar-refractivity contribution in [2.24, 2.45) is 0 Å². The van der Waals surface area contributed by atoms with Gasteiger partial charge in [-0.25, -0.2) is 0 Å². The number of hydrogen-bond donors (Lipinski definition) is 2. The SMILES string of the molecule is O=C(NNC(=O)c1ccccn1)c1ccc2c(c1)OCCO2. The lowest BCUT2D eigenvalue weighted by atomic mass is 10.2. The molecule has 1 aliphatic rings. The van der Waals surface area contributed by atoms with Gasteiger partial charge in [-0.15, -0.1) is 0 Å². The Kier molecular flexibility index (Phi) is 3.86. The number of carbonyl (C=O) groups excluding carboxylic acids is 2. The monoisotopic (exact) mass is 299 g/mol. The maximum Gasteiger partial charge on any atom is 0.288 e. The summed E-state index contributed by atoms with van der Waals surface area (Å²) >= 11 is 0. The third-order valence-corrected chi connectivity index (χ3v) is 2.99. The lowest BCUT2D eigenvalue weighted by molar-refractivity contribution is 0.0843. The zero-order valence-corrected chi connectivity index (χ0v) is 11.5. The number of nitrogens with zero attached hydrogens (tertiary/aromatic N) is 1. The summed E-state index contributed by atoms with van der Waals surface area (Å²) in [6.07, 6.45) is 1.50. The number of ether oxygens (including phenoxy) is 2. The first-order valence-electron chi connectivity index (χ1n) is 6.65. The van der Waals surface area contributed by atoms with Gasteiger partial charge in [0.2, 0.25) is 0 Å². The summed E-state index contributed by atoms with van der Waals surface area (Å²) in [4.78, 5) is 27.7. The predicted molar refractivity (Wildman–Crippen MR) is 76.6 cm³/mol. The smallest absolute Gasteiger partial charge is 0.288 e. The molecule has 2 aromatic rings. The Balaban J connectivity index is 1.64.